The van der Waals surface area contributed by atoms with Crippen LogP contribution in [0.4, 0.5) is 0 Å². The van der Waals surface area contributed by atoms with Gasteiger partial charge in [0.25, 0.3) is 0 Å². The van der Waals surface area contributed by atoms with Gasteiger partial charge in [-0.15, -0.1) is 0 Å². The molecule has 0 unspecified atom stereocenters. The van der Waals surface area contributed by atoms with Crippen LogP contribution in [0.1, 0.15) is 30.5 Å². The van der Waals surface area contributed by atoms with Crippen LogP contribution in [-0.2, 0) is 4.79 Å². The summed E-state index contributed by atoms with van der Waals surface area (Å²) in [5.41, 5.74) is 3.37. The molecule has 4 heteroatoms. The van der Waals surface area contributed by atoms with E-state index in [1.54, 1.807) is 0 Å². The third-order valence-corrected chi connectivity index (χ3v) is 4.76. The van der Waals surface area contributed by atoms with Gasteiger partial charge in [0.05, 0.1) is 10.3 Å². The molecule has 0 atom stereocenters. The quantitative estimate of drug-likeness (QED) is 0.831. The van der Waals surface area contributed by atoms with E-state index in [1.807, 2.05) is 39.8 Å². The Morgan fingerprint density at radius 2 is 1.89 bits per heavy atom. The van der Waals surface area contributed by atoms with Crippen molar-refractivity contribution < 1.29 is 9.90 Å². The monoisotopic (exact) mass is 326 g/mol. The lowest BCUT2D eigenvalue weighted by Crippen LogP contribution is -2.14. The van der Waals surface area contributed by atoms with Gasteiger partial charge in [-0.3, -0.25) is 4.79 Å². The highest BCUT2D eigenvalue weighted by Gasteiger charge is 2.41. The zero-order valence-electron chi connectivity index (χ0n) is 10.8. The molecule has 1 N–H and O–H groups in total. The van der Waals surface area contributed by atoms with Crippen LogP contribution in [0.25, 0.3) is 5.57 Å². The van der Waals surface area contributed by atoms with E-state index in [-0.39, 0.29) is 10.9 Å². The molecule has 1 aromatic carbocycles. The average molecular weight is 327 g/mol. The van der Waals surface area contributed by atoms with Crippen LogP contribution in [0, 0.1) is 13.8 Å². The van der Waals surface area contributed by atoms with Gasteiger partial charge in [0.2, 0.25) is 5.12 Å². The van der Waals surface area contributed by atoms with E-state index in [0.29, 0.717) is 5.57 Å². The second kappa shape index (κ2) is 4.42. The van der Waals surface area contributed by atoms with Crippen LogP contribution >= 0.6 is 27.7 Å². The maximum atomic E-state index is 12.1. The van der Waals surface area contributed by atoms with Crippen molar-refractivity contribution in [2.45, 2.75) is 32.4 Å². The molecule has 1 aliphatic heterocycles. The number of carbonyl (C=O) groups is 1. The third kappa shape index (κ3) is 2.12. The number of thioether (sulfide) groups is 1. The molecule has 2 nitrogen and oxygen atoms in total. The number of hydrogen-bond acceptors (Lipinski definition) is 3. The van der Waals surface area contributed by atoms with Crippen molar-refractivity contribution in [3.8, 4) is 0 Å². The lowest BCUT2D eigenvalue weighted by molar-refractivity contribution is -0.106. The predicted octanol–water partition coefficient (Wildman–Crippen LogP) is 4.39. The Bertz CT molecular complexity index is 550. The Balaban J connectivity index is 2.71. The van der Waals surface area contributed by atoms with E-state index >= 15 is 0 Å². The summed E-state index contributed by atoms with van der Waals surface area (Å²) in [5, 5.41) is 10.2. The normalized spacial score (nSPS) is 18.6. The Labute approximate surface area is 120 Å². The van der Waals surface area contributed by atoms with Gasteiger partial charge in [-0.05, 0) is 44.9 Å². The van der Waals surface area contributed by atoms with Crippen molar-refractivity contribution in [2.24, 2.45) is 0 Å². The van der Waals surface area contributed by atoms with Gasteiger partial charge in [-0.2, -0.15) is 0 Å². The van der Waals surface area contributed by atoms with Crippen molar-refractivity contribution in [3.05, 3.63) is 39.1 Å². The van der Waals surface area contributed by atoms with E-state index in [0.717, 1.165) is 21.2 Å². The van der Waals surface area contributed by atoms with Crippen LogP contribution in [0.3, 0.4) is 0 Å². The van der Waals surface area contributed by atoms with Gasteiger partial charge >= 0.3 is 0 Å². The molecule has 0 fully saturated rings. The Morgan fingerprint density at radius 3 is 2.33 bits per heavy atom. The minimum absolute atomic E-state index is 0.0647. The molecule has 0 saturated heterocycles. The van der Waals surface area contributed by atoms with Crippen LogP contribution in [0.2, 0.25) is 0 Å². The lowest BCUT2D eigenvalue weighted by Gasteiger charge is -2.15. The smallest absolute Gasteiger partial charge is 0.224 e. The zero-order valence-corrected chi connectivity index (χ0v) is 13.2. The second-order valence-electron chi connectivity index (χ2n) is 5.06. The van der Waals surface area contributed by atoms with Crippen LogP contribution in [0.5, 0.6) is 0 Å². The number of hydrogen-bond donors (Lipinski definition) is 1. The topological polar surface area (TPSA) is 37.3 Å². The molecule has 0 radical (unpaired) electrons. The van der Waals surface area contributed by atoms with Gasteiger partial charge in [-0.1, -0.05) is 33.8 Å². The van der Waals surface area contributed by atoms with Crippen molar-refractivity contribution in [1.29, 1.82) is 0 Å². The lowest BCUT2D eigenvalue weighted by atomic mass is 9.95. The van der Waals surface area contributed by atoms with Crippen molar-refractivity contribution in [3.63, 3.8) is 0 Å². The molecule has 1 heterocycles. The number of aliphatic hydroxyl groups is 1. The van der Waals surface area contributed by atoms with E-state index in [4.69, 9.17) is 0 Å². The number of aryl methyl sites for hydroxylation is 2. The van der Waals surface area contributed by atoms with E-state index in [9.17, 15) is 9.90 Å². The summed E-state index contributed by atoms with van der Waals surface area (Å²) < 4.78 is 0.316. The van der Waals surface area contributed by atoms with Gasteiger partial charge < -0.3 is 5.11 Å². The Kier molecular flexibility index (Phi) is 3.36. The first-order chi connectivity index (χ1) is 8.24. The minimum Gasteiger partial charge on any atom is -0.510 e. The summed E-state index contributed by atoms with van der Waals surface area (Å²) in [7, 11) is 0. The molecule has 0 spiro atoms. The molecular formula is C14H15BrO2S. The fourth-order valence-electron chi connectivity index (χ4n) is 2.18. The van der Waals surface area contributed by atoms with Crippen LogP contribution in [0.15, 0.2) is 22.4 Å². The van der Waals surface area contributed by atoms with Gasteiger partial charge in [0.1, 0.15) is 5.76 Å². The van der Waals surface area contributed by atoms with E-state index in [2.05, 4.69) is 15.9 Å². The van der Waals surface area contributed by atoms with Crippen molar-refractivity contribution in [2.75, 3.05) is 0 Å². The SMILES string of the molecule is Cc1cc(C)c(C2=C(O)C(C)(C)SC2=O)c(Br)c1. The molecule has 0 aliphatic carbocycles. The minimum atomic E-state index is -0.539. The standard InChI is InChI=1S/C14H15BrO2S/c1-7-5-8(2)10(9(15)6-7)11-12(16)14(3,4)18-13(11)17/h5-6,16H,1-4H3. The Hall–Kier alpha value is -0.740. The predicted molar refractivity (Wildman–Crippen MR) is 79.8 cm³/mol. The molecule has 0 aromatic heterocycles. The molecule has 0 amide bonds. The molecule has 0 saturated carbocycles. The number of halogens is 1. The second-order valence-corrected chi connectivity index (χ2v) is 7.51. The highest BCUT2D eigenvalue weighted by molar-refractivity contribution is 9.10. The largest absolute Gasteiger partial charge is 0.510 e. The van der Waals surface area contributed by atoms with Gasteiger partial charge in [0.15, 0.2) is 0 Å². The molecule has 1 aliphatic rings. The average Bonchev–Trinajstić information content (AvgIpc) is 2.38. The van der Waals surface area contributed by atoms with Crippen molar-refractivity contribution >= 4 is 38.4 Å². The fraction of sp³-hybridized carbons (Fsp3) is 0.357. The third-order valence-electron chi connectivity index (χ3n) is 3.04. The molecule has 1 aromatic rings. The number of benzene rings is 1. The summed E-state index contributed by atoms with van der Waals surface area (Å²) in [6.45, 7) is 7.67. The first-order valence-electron chi connectivity index (χ1n) is 5.68. The van der Waals surface area contributed by atoms with Gasteiger partial charge in [0, 0.05) is 10.0 Å². The van der Waals surface area contributed by atoms with Crippen LogP contribution < -0.4 is 0 Å². The summed E-state index contributed by atoms with van der Waals surface area (Å²) in [5.74, 6) is 0.171. The molecular weight excluding hydrogens is 312 g/mol. The fourth-order valence-corrected chi connectivity index (χ4v) is 4.02. The molecule has 2 rings (SSSR count). The van der Waals surface area contributed by atoms with E-state index < -0.39 is 4.75 Å². The van der Waals surface area contributed by atoms with Crippen molar-refractivity contribution in [1.82, 2.24) is 0 Å². The van der Waals surface area contributed by atoms with Crippen LogP contribution in [-0.4, -0.2) is 15.0 Å². The van der Waals surface area contributed by atoms with E-state index in [1.165, 1.54) is 11.8 Å². The maximum Gasteiger partial charge on any atom is 0.224 e. The zero-order chi connectivity index (χ0) is 13.7. The summed E-state index contributed by atoms with van der Waals surface area (Å²) in [4.78, 5) is 12.1. The number of aliphatic hydroxyl groups excluding tert-OH is 1. The summed E-state index contributed by atoms with van der Waals surface area (Å²) in [6.07, 6.45) is 0. The first-order valence-corrected chi connectivity index (χ1v) is 7.29. The highest BCUT2D eigenvalue weighted by atomic mass is 79.9. The first kappa shape index (κ1) is 13.7. The number of carbonyl (C=O) groups excluding carboxylic acids is 1. The molecule has 96 valence electrons. The molecule has 0 bridgehead atoms. The Morgan fingerprint density at radius 1 is 1.28 bits per heavy atom. The summed E-state index contributed by atoms with van der Waals surface area (Å²) in [6, 6.07) is 3.98. The number of rotatable bonds is 1. The highest BCUT2D eigenvalue weighted by Crippen LogP contribution is 2.47. The maximum absolute atomic E-state index is 12.1. The van der Waals surface area contributed by atoms with Gasteiger partial charge in [-0.25, -0.2) is 0 Å². The summed E-state index contributed by atoms with van der Waals surface area (Å²) >= 11 is 4.67. The molecule has 18 heavy (non-hydrogen) atoms.